The first-order valence-corrected chi connectivity index (χ1v) is 6.76. The Kier molecular flexibility index (Phi) is 3.09. The fraction of sp³-hybridized carbons (Fsp3) is 1.00. The molecular weight excluding hydrogens is 198 g/mol. The average Bonchev–Trinajstić information content (AvgIpc) is 2.35. The maximum atomic E-state index is 9.81. The van der Waals surface area contributed by atoms with Crippen LogP contribution in [0, 0.1) is 10.8 Å². The molecule has 2 fully saturated rings. The molecule has 94 valence electrons. The molecule has 0 unspecified atom stereocenters. The fourth-order valence-electron chi connectivity index (χ4n) is 4.19. The summed E-state index contributed by atoms with van der Waals surface area (Å²) in [6.45, 7) is 11.4. The third kappa shape index (κ3) is 2.43. The van der Waals surface area contributed by atoms with Crippen LogP contribution >= 0.6 is 0 Å². The maximum absolute atomic E-state index is 9.81. The van der Waals surface area contributed by atoms with Crippen LogP contribution in [0.4, 0.5) is 0 Å². The molecule has 1 saturated heterocycles. The zero-order valence-corrected chi connectivity index (χ0v) is 11.3. The minimum Gasteiger partial charge on any atom is -0.392 e. The van der Waals surface area contributed by atoms with Crippen molar-refractivity contribution in [3.63, 3.8) is 0 Å². The third-order valence-corrected chi connectivity index (χ3v) is 4.44. The van der Waals surface area contributed by atoms with E-state index in [0.717, 1.165) is 19.0 Å². The minimum absolute atomic E-state index is 0.133. The molecule has 0 radical (unpaired) electrons. The zero-order valence-electron chi connectivity index (χ0n) is 11.3. The molecule has 0 aromatic rings. The highest BCUT2D eigenvalue weighted by Crippen LogP contribution is 2.52. The van der Waals surface area contributed by atoms with Crippen LogP contribution < -0.4 is 0 Å². The molecule has 1 saturated carbocycles. The second-order valence-corrected chi connectivity index (χ2v) is 7.21. The van der Waals surface area contributed by atoms with Crippen molar-refractivity contribution in [2.24, 2.45) is 10.8 Å². The van der Waals surface area contributed by atoms with Crippen molar-refractivity contribution in [2.45, 2.75) is 65.5 Å². The Morgan fingerprint density at radius 3 is 2.62 bits per heavy atom. The molecule has 1 heterocycles. The van der Waals surface area contributed by atoms with Crippen LogP contribution in [-0.4, -0.2) is 35.2 Å². The van der Waals surface area contributed by atoms with Gasteiger partial charge in [0.05, 0.1) is 6.10 Å². The number of likely N-dealkylation sites (tertiary alicyclic amines) is 1. The predicted octanol–water partition coefficient (Wildman–Crippen LogP) is 2.66. The van der Waals surface area contributed by atoms with Crippen molar-refractivity contribution >= 4 is 0 Å². The third-order valence-electron chi connectivity index (χ3n) is 4.44. The molecule has 2 aliphatic rings. The van der Waals surface area contributed by atoms with Crippen molar-refractivity contribution in [1.82, 2.24) is 4.90 Å². The SMILES string of the molecule is CC[C@@H](O)CN1C[C@@]2(C)C[C@H]1CC(C)(C)C2. The van der Waals surface area contributed by atoms with E-state index >= 15 is 0 Å². The Labute approximate surface area is 100 Å². The van der Waals surface area contributed by atoms with Gasteiger partial charge in [0.2, 0.25) is 0 Å². The number of hydrogen-bond acceptors (Lipinski definition) is 2. The van der Waals surface area contributed by atoms with Gasteiger partial charge in [0, 0.05) is 19.1 Å². The van der Waals surface area contributed by atoms with Crippen LogP contribution in [0.3, 0.4) is 0 Å². The standard InChI is InChI=1S/C14H27NO/c1-5-12(16)8-15-10-14(4)7-11(15)6-13(2,3)9-14/h11-12,16H,5-10H2,1-4H3/t11-,12-,14+/m1/s1. The number of aliphatic hydroxyl groups excluding tert-OH is 1. The lowest BCUT2D eigenvalue weighted by Crippen LogP contribution is -2.37. The summed E-state index contributed by atoms with van der Waals surface area (Å²) in [7, 11) is 0. The predicted molar refractivity (Wildman–Crippen MR) is 67.4 cm³/mol. The number of rotatable bonds is 3. The Bertz CT molecular complexity index is 263. The fourth-order valence-corrected chi connectivity index (χ4v) is 4.19. The summed E-state index contributed by atoms with van der Waals surface area (Å²) >= 11 is 0. The quantitative estimate of drug-likeness (QED) is 0.798. The topological polar surface area (TPSA) is 23.5 Å². The Hall–Kier alpha value is -0.0800. The van der Waals surface area contributed by atoms with E-state index in [4.69, 9.17) is 0 Å². The lowest BCUT2D eigenvalue weighted by atomic mass is 9.65. The molecular formula is C14H27NO. The first-order chi connectivity index (χ1) is 7.34. The van der Waals surface area contributed by atoms with Crippen molar-refractivity contribution in [2.75, 3.05) is 13.1 Å². The summed E-state index contributed by atoms with van der Waals surface area (Å²) in [6, 6.07) is 0.718. The summed E-state index contributed by atoms with van der Waals surface area (Å²) in [5.41, 5.74) is 0.990. The van der Waals surface area contributed by atoms with E-state index in [9.17, 15) is 5.11 Å². The summed E-state index contributed by atoms with van der Waals surface area (Å²) in [5.74, 6) is 0. The molecule has 2 nitrogen and oxygen atoms in total. The van der Waals surface area contributed by atoms with Crippen LogP contribution in [0.1, 0.15) is 53.4 Å². The molecule has 3 atom stereocenters. The van der Waals surface area contributed by atoms with Gasteiger partial charge in [0.1, 0.15) is 0 Å². The first kappa shape index (κ1) is 12.4. The molecule has 0 amide bonds. The van der Waals surface area contributed by atoms with Gasteiger partial charge >= 0.3 is 0 Å². The van der Waals surface area contributed by atoms with E-state index in [0.29, 0.717) is 10.8 Å². The number of β-amino-alcohol motifs (C(OH)–C–C–N with tert-alkyl or cyclic N) is 1. The summed E-state index contributed by atoms with van der Waals surface area (Å²) < 4.78 is 0. The molecule has 1 aliphatic carbocycles. The molecule has 0 aromatic carbocycles. The van der Waals surface area contributed by atoms with Crippen LogP contribution in [0.25, 0.3) is 0 Å². The average molecular weight is 225 g/mol. The van der Waals surface area contributed by atoms with E-state index < -0.39 is 0 Å². The summed E-state index contributed by atoms with van der Waals surface area (Å²) in [5, 5.41) is 9.81. The minimum atomic E-state index is -0.133. The van der Waals surface area contributed by atoms with Crippen LogP contribution in [0.2, 0.25) is 0 Å². The lowest BCUT2D eigenvalue weighted by molar-refractivity contribution is 0.0899. The van der Waals surface area contributed by atoms with E-state index in [1.807, 2.05) is 0 Å². The molecule has 16 heavy (non-hydrogen) atoms. The number of aliphatic hydroxyl groups is 1. The van der Waals surface area contributed by atoms with E-state index in [2.05, 4.69) is 32.6 Å². The molecule has 1 N–H and O–H groups in total. The van der Waals surface area contributed by atoms with E-state index in [1.54, 1.807) is 0 Å². The van der Waals surface area contributed by atoms with E-state index in [1.165, 1.54) is 25.8 Å². The van der Waals surface area contributed by atoms with Crippen LogP contribution in [-0.2, 0) is 0 Å². The largest absolute Gasteiger partial charge is 0.392 e. The normalized spacial score (nSPS) is 39.9. The lowest BCUT2D eigenvalue weighted by Gasteiger charge is -2.40. The molecule has 2 bridgehead atoms. The van der Waals surface area contributed by atoms with Gasteiger partial charge in [-0.2, -0.15) is 0 Å². The maximum Gasteiger partial charge on any atom is 0.0664 e. The zero-order chi connectivity index (χ0) is 12.0. The Balaban J connectivity index is 2.04. The molecule has 2 heteroatoms. The monoisotopic (exact) mass is 225 g/mol. The van der Waals surface area contributed by atoms with Crippen molar-refractivity contribution < 1.29 is 5.11 Å². The van der Waals surface area contributed by atoms with Gasteiger partial charge in [-0.25, -0.2) is 0 Å². The molecule has 2 rings (SSSR count). The first-order valence-electron chi connectivity index (χ1n) is 6.76. The van der Waals surface area contributed by atoms with Gasteiger partial charge in [-0.05, 0) is 36.5 Å². The van der Waals surface area contributed by atoms with Gasteiger partial charge in [-0.15, -0.1) is 0 Å². The smallest absolute Gasteiger partial charge is 0.0664 e. The second kappa shape index (κ2) is 3.99. The number of fused-ring (bicyclic) bond motifs is 2. The summed E-state index contributed by atoms with van der Waals surface area (Å²) in [6.07, 6.45) is 4.73. The molecule has 1 aliphatic heterocycles. The van der Waals surface area contributed by atoms with Gasteiger partial charge in [-0.1, -0.05) is 27.7 Å². The van der Waals surface area contributed by atoms with Gasteiger partial charge in [0.25, 0.3) is 0 Å². The summed E-state index contributed by atoms with van der Waals surface area (Å²) in [4.78, 5) is 2.54. The van der Waals surface area contributed by atoms with E-state index in [-0.39, 0.29) is 6.10 Å². The van der Waals surface area contributed by atoms with Gasteiger partial charge < -0.3 is 5.11 Å². The Morgan fingerprint density at radius 2 is 2.00 bits per heavy atom. The molecule has 0 aromatic heterocycles. The second-order valence-electron chi connectivity index (χ2n) is 7.21. The van der Waals surface area contributed by atoms with Crippen LogP contribution in [0.15, 0.2) is 0 Å². The van der Waals surface area contributed by atoms with Crippen molar-refractivity contribution in [3.05, 3.63) is 0 Å². The Morgan fingerprint density at radius 1 is 1.31 bits per heavy atom. The van der Waals surface area contributed by atoms with Gasteiger partial charge in [-0.3, -0.25) is 4.90 Å². The molecule has 0 spiro atoms. The van der Waals surface area contributed by atoms with Crippen molar-refractivity contribution in [1.29, 1.82) is 0 Å². The highest BCUT2D eigenvalue weighted by Gasteiger charge is 2.49. The van der Waals surface area contributed by atoms with Crippen molar-refractivity contribution in [3.8, 4) is 0 Å². The number of hydrogen-bond donors (Lipinski definition) is 1. The number of nitrogens with zero attached hydrogens (tertiary/aromatic N) is 1. The highest BCUT2D eigenvalue weighted by molar-refractivity contribution is 5.02. The highest BCUT2D eigenvalue weighted by atomic mass is 16.3. The van der Waals surface area contributed by atoms with Gasteiger partial charge in [0.15, 0.2) is 0 Å². The van der Waals surface area contributed by atoms with Crippen LogP contribution in [0.5, 0.6) is 0 Å².